The summed E-state index contributed by atoms with van der Waals surface area (Å²) in [6, 6.07) is 18.3. The molecule has 0 radical (unpaired) electrons. The van der Waals surface area contributed by atoms with Crippen LogP contribution >= 0.6 is 11.6 Å². The van der Waals surface area contributed by atoms with Crippen molar-refractivity contribution < 1.29 is 0 Å². The van der Waals surface area contributed by atoms with Crippen molar-refractivity contribution in [3.8, 4) is 5.69 Å². The number of hydrogen-bond acceptors (Lipinski definition) is 2. The molecule has 118 valence electrons. The van der Waals surface area contributed by atoms with E-state index in [0.717, 1.165) is 22.9 Å². The fourth-order valence-electron chi connectivity index (χ4n) is 2.70. The van der Waals surface area contributed by atoms with Crippen molar-refractivity contribution in [3.05, 3.63) is 82.6 Å². The number of rotatable bonds is 5. The largest absolute Gasteiger partial charge is 0.306 e. The predicted molar refractivity (Wildman–Crippen MR) is 95.0 cm³/mol. The van der Waals surface area contributed by atoms with Gasteiger partial charge in [0.05, 0.1) is 11.9 Å². The van der Waals surface area contributed by atoms with Gasteiger partial charge in [0.1, 0.15) is 0 Å². The highest BCUT2D eigenvalue weighted by atomic mass is 35.5. The van der Waals surface area contributed by atoms with Crippen LogP contribution in [0.4, 0.5) is 0 Å². The van der Waals surface area contributed by atoms with Crippen LogP contribution in [-0.4, -0.2) is 9.78 Å². The van der Waals surface area contributed by atoms with Crippen molar-refractivity contribution in [2.75, 3.05) is 0 Å². The highest BCUT2D eigenvalue weighted by Gasteiger charge is 2.13. The molecular weight excluding hydrogens is 306 g/mol. The van der Waals surface area contributed by atoms with Crippen molar-refractivity contribution in [2.24, 2.45) is 0 Å². The smallest absolute Gasteiger partial charge is 0.0648 e. The molecule has 3 rings (SSSR count). The van der Waals surface area contributed by atoms with Gasteiger partial charge in [-0.25, -0.2) is 4.68 Å². The van der Waals surface area contributed by atoms with E-state index in [1.54, 1.807) is 0 Å². The lowest BCUT2D eigenvalue weighted by atomic mass is 10.1. The summed E-state index contributed by atoms with van der Waals surface area (Å²) in [6.45, 7) is 5.04. The SMILES string of the molecule is Cc1c(C(C)NCc2cccc(Cl)c2)cnn1-c1ccccc1. The highest BCUT2D eigenvalue weighted by Crippen LogP contribution is 2.20. The van der Waals surface area contributed by atoms with E-state index in [1.165, 1.54) is 11.1 Å². The van der Waals surface area contributed by atoms with Gasteiger partial charge in [-0.15, -0.1) is 0 Å². The van der Waals surface area contributed by atoms with Crippen LogP contribution in [-0.2, 0) is 6.54 Å². The van der Waals surface area contributed by atoms with Crippen molar-refractivity contribution in [1.82, 2.24) is 15.1 Å². The first-order chi connectivity index (χ1) is 11.1. The number of nitrogens with one attached hydrogen (secondary N) is 1. The van der Waals surface area contributed by atoms with Crippen molar-refractivity contribution in [3.63, 3.8) is 0 Å². The molecule has 0 aliphatic rings. The summed E-state index contributed by atoms with van der Waals surface area (Å²) < 4.78 is 1.98. The summed E-state index contributed by atoms with van der Waals surface area (Å²) in [5.41, 5.74) is 4.62. The third kappa shape index (κ3) is 3.63. The van der Waals surface area contributed by atoms with Gasteiger partial charge in [-0.3, -0.25) is 0 Å². The second-order valence-corrected chi connectivity index (χ2v) is 6.10. The zero-order chi connectivity index (χ0) is 16.2. The van der Waals surface area contributed by atoms with Gasteiger partial charge in [-0.2, -0.15) is 5.10 Å². The van der Waals surface area contributed by atoms with E-state index in [-0.39, 0.29) is 6.04 Å². The molecule has 1 heterocycles. The molecule has 0 aliphatic carbocycles. The van der Waals surface area contributed by atoms with E-state index >= 15 is 0 Å². The molecule has 1 N–H and O–H groups in total. The van der Waals surface area contributed by atoms with E-state index < -0.39 is 0 Å². The van der Waals surface area contributed by atoms with Gasteiger partial charge in [-0.05, 0) is 43.7 Å². The van der Waals surface area contributed by atoms with Crippen LogP contribution in [0, 0.1) is 6.92 Å². The Morgan fingerprint density at radius 1 is 1.13 bits per heavy atom. The van der Waals surface area contributed by atoms with Crippen LogP contribution in [0.1, 0.15) is 29.8 Å². The molecule has 0 amide bonds. The minimum atomic E-state index is 0.214. The molecule has 0 spiro atoms. The first-order valence-electron chi connectivity index (χ1n) is 7.73. The molecule has 0 saturated heterocycles. The van der Waals surface area contributed by atoms with Crippen LogP contribution in [0.3, 0.4) is 0 Å². The molecule has 0 saturated carbocycles. The normalized spacial score (nSPS) is 12.3. The zero-order valence-electron chi connectivity index (χ0n) is 13.3. The predicted octanol–water partition coefficient (Wildman–Crippen LogP) is 4.68. The second kappa shape index (κ2) is 6.99. The summed E-state index contributed by atoms with van der Waals surface area (Å²) in [7, 11) is 0. The second-order valence-electron chi connectivity index (χ2n) is 5.67. The van der Waals surface area contributed by atoms with E-state index in [1.807, 2.05) is 47.3 Å². The van der Waals surface area contributed by atoms with E-state index in [4.69, 9.17) is 11.6 Å². The Balaban J connectivity index is 1.73. The topological polar surface area (TPSA) is 29.9 Å². The third-order valence-corrected chi connectivity index (χ3v) is 4.25. The Morgan fingerprint density at radius 3 is 2.65 bits per heavy atom. The molecular formula is C19H20ClN3. The first-order valence-corrected chi connectivity index (χ1v) is 8.10. The van der Waals surface area contributed by atoms with Gasteiger partial charge in [0, 0.05) is 28.9 Å². The first kappa shape index (κ1) is 15.8. The van der Waals surface area contributed by atoms with Gasteiger partial charge >= 0.3 is 0 Å². The Hall–Kier alpha value is -2.10. The molecule has 0 aliphatic heterocycles. The van der Waals surface area contributed by atoms with Crippen molar-refractivity contribution in [1.29, 1.82) is 0 Å². The molecule has 0 fully saturated rings. The summed E-state index contributed by atoms with van der Waals surface area (Å²) in [4.78, 5) is 0. The van der Waals surface area contributed by atoms with Gasteiger partial charge in [-0.1, -0.05) is 41.9 Å². The number of para-hydroxylation sites is 1. The Morgan fingerprint density at radius 2 is 1.91 bits per heavy atom. The molecule has 2 aromatic carbocycles. The fourth-order valence-corrected chi connectivity index (χ4v) is 2.92. The van der Waals surface area contributed by atoms with Gasteiger partial charge in [0.15, 0.2) is 0 Å². The van der Waals surface area contributed by atoms with E-state index in [0.29, 0.717) is 0 Å². The number of aromatic nitrogens is 2. The average Bonchev–Trinajstić information content (AvgIpc) is 2.95. The summed E-state index contributed by atoms with van der Waals surface area (Å²) >= 11 is 6.03. The fraction of sp³-hybridized carbons (Fsp3) is 0.211. The molecule has 23 heavy (non-hydrogen) atoms. The summed E-state index contributed by atoms with van der Waals surface area (Å²) in [5.74, 6) is 0. The van der Waals surface area contributed by atoms with Gasteiger partial charge < -0.3 is 5.32 Å². The Bertz CT molecular complexity index is 780. The molecule has 1 atom stereocenters. The van der Waals surface area contributed by atoms with Gasteiger partial charge in [0.2, 0.25) is 0 Å². The lowest BCUT2D eigenvalue weighted by molar-refractivity contribution is 0.571. The lowest BCUT2D eigenvalue weighted by Crippen LogP contribution is -2.18. The molecule has 1 aromatic heterocycles. The van der Waals surface area contributed by atoms with E-state index in [9.17, 15) is 0 Å². The summed E-state index contributed by atoms with van der Waals surface area (Å²) in [5, 5.41) is 8.84. The minimum absolute atomic E-state index is 0.214. The van der Waals surface area contributed by atoms with E-state index in [2.05, 4.69) is 42.5 Å². The Kier molecular flexibility index (Phi) is 4.79. The van der Waals surface area contributed by atoms with Crippen LogP contribution < -0.4 is 5.32 Å². The maximum absolute atomic E-state index is 6.03. The standard InChI is InChI=1S/C19H20ClN3/c1-14(21-12-16-7-6-8-17(20)11-16)19-13-22-23(15(19)2)18-9-4-3-5-10-18/h3-11,13-14,21H,12H2,1-2H3. The van der Waals surface area contributed by atoms with Crippen molar-refractivity contribution in [2.45, 2.75) is 26.4 Å². The van der Waals surface area contributed by atoms with Gasteiger partial charge in [0.25, 0.3) is 0 Å². The third-order valence-electron chi connectivity index (χ3n) is 4.02. The number of benzene rings is 2. The Labute approximate surface area is 141 Å². The maximum Gasteiger partial charge on any atom is 0.0648 e. The number of halogens is 1. The molecule has 4 heteroatoms. The molecule has 3 nitrogen and oxygen atoms in total. The number of nitrogens with zero attached hydrogens (tertiary/aromatic N) is 2. The molecule has 0 bridgehead atoms. The van der Waals surface area contributed by atoms with Crippen molar-refractivity contribution >= 4 is 11.6 Å². The highest BCUT2D eigenvalue weighted by molar-refractivity contribution is 6.30. The quantitative estimate of drug-likeness (QED) is 0.737. The van der Waals surface area contributed by atoms with Crippen LogP contribution in [0.2, 0.25) is 5.02 Å². The van der Waals surface area contributed by atoms with Crippen LogP contribution in [0.15, 0.2) is 60.8 Å². The maximum atomic E-state index is 6.03. The average molecular weight is 326 g/mol. The lowest BCUT2D eigenvalue weighted by Gasteiger charge is -2.14. The molecule has 1 unspecified atom stereocenters. The van der Waals surface area contributed by atoms with Crippen LogP contribution in [0.25, 0.3) is 5.69 Å². The monoisotopic (exact) mass is 325 g/mol. The minimum Gasteiger partial charge on any atom is -0.306 e. The molecule has 3 aromatic rings. The number of hydrogen-bond donors (Lipinski definition) is 1. The zero-order valence-corrected chi connectivity index (χ0v) is 14.1. The van der Waals surface area contributed by atoms with Crippen LogP contribution in [0.5, 0.6) is 0 Å². The summed E-state index contributed by atoms with van der Waals surface area (Å²) in [6.07, 6.45) is 1.94.